The minimum Gasteiger partial charge on any atom is -0.348 e. The summed E-state index contributed by atoms with van der Waals surface area (Å²) < 4.78 is 37.0. The van der Waals surface area contributed by atoms with Crippen LogP contribution in [0.25, 0.3) is 0 Å². The number of hydrogen-bond donors (Lipinski definition) is 1. The largest absolute Gasteiger partial charge is 0.405 e. The maximum atomic E-state index is 12.3. The van der Waals surface area contributed by atoms with Gasteiger partial charge in [0.05, 0.1) is 0 Å². The molecule has 0 spiro atoms. The highest BCUT2D eigenvalue weighted by Crippen LogP contribution is 2.20. The number of pyridine rings is 1. The van der Waals surface area contributed by atoms with Gasteiger partial charge >= 0.3 is 6.18 Å². The summed E-state index contributed by atoms with van der Waals surface area (Å²) in [7, 11) is 0. The van der Waals surface area contributed by atoms with Gasteiger partial charge in [-0.1, -0.05) is 13.0 Å². The zero-order valence-electron chi connectivity index (χ0n) is 10.6. The Kier molecular flexibility index (Phi) is 5.40. The summed E-state index contributed by atoms with van der Waals surface area (Å²) in [6.07, 6.45) is -2.60. The molecule has 1 aromatic rings. The average Bonchev–Trinajstić information content (AvgIpc) is 2.33. The lowest BCUT2D eigenvalue weighted by Gasteiger charge is -2.23. The van der Waals surface area contributed by atoms with Crippen LogP contribution in [0.1, 0.15) is 19.4 Å². The quantitative estimate of drug-likeness (QED) is 0.853. The van der Waals surface area contributed by atoms with Gasteiger partial charge in [-0.3, -0.25) is 0 Å². The van der Waals surface area contributed by atoms with E-state index in [4.69, 9.17) is 0 Å². The molecule has 3 nitrogen and oxygen atoms in total. The normalized spacial score (nSPS) is 11.6. The summed E-state index contributed by atoms with van der Waals surface area (Å²) in [6.45, 7) is 4.50. The number of halogens is 3. The Balaban J connectivity index is 2.69. The number of anilines is 1. The summed E-state index contributed by atoms with van der Waals surface area (Å²) in [5, 5.41) is 3.13. The molecule has 0 atom stereocenters. The van der Waals surface area contributed by atoms with Crippen molar-refractivity contribution in [1.29, 1.82) is 0 Å². The molecule has 0 amide bonds. The molecule has 1 aromatic heterocycles. The van der Waals surface area contributed by atoms with E-state index in [1.165, 1.54) is 4.90 Å². The number of hydrogen-bond acceptors (Lipinski definition) is 3. The van der Waals surface area contributed by atoms with Gasteiger partial charge < -0.3 is 10.2 Å². The van der Waals surface area contributed by atoms with Gasteiger partial charge in [-0.05, 0) is 25.1 Å². The van der Waals surface area contributed by atoms with Crippen LogP contribution >= 0.6 is 0 Å². The van der Waals surface area contributed by atoms with Gasteiger partial charge in [0, 0.05) is 19.3 Å². The van der Waals surface area contributed by atoms with E-state index in [0.29, 0.717) is 12.4 Å². The van der Waals surface area contributed by atoms with Crippen LogP contribution < -0.4 is 10.2 Å². The van der Waals surface area contributed by atoms with E-state index in [9.17, 15) is 13.2 Å². The molecular formula is C12H18F3N3. The van der Waals surface area contributed by atoms with Crippen LogP contribution in [0.15, 0.2) is 18.3 Å². The highest BCUT2D eigenvalue weighted by molar-refractivity contribution is 5.39. The van der Waals surface area contributed by atoms with Crippen molar-refractivity contribution in [3.05, 3.63) is 23.9 Å². The molecule has 0 fully saturated rings. The SMILES string of the molecule is CCNCc1ccc(N(CC)CC(F)(F)F)nc1. The molecule has 0 saturated heterocycles. The first-order valence-electron chi connectivity index (χ1n) is 5.93. The molecule has 1 heterocycles. The van der Waals surface area contributed by atoms with Crippen molar-refractivity contribution in [3.63, 3.8) is 0 Å². The summed E-state index contributed by atoms with van der Waals surface area (Å²) in [4.78, 5) is 5.28. The molecule has 0 bridgehead atoms. The summed E-state index contributed by atoms with van der Waals surface area (Å²) in [5.74, 6) is 0.357. The standard InChI is InChI=1S/C12H18F3N3/c1-3-16-7-10-5-6-11(17-8-10)18(4-2)9-12(13,14)15/h5-6,8,16H,3-4,7,9H2,1-2H3. The van der Waals surface area contributed by atoms with E-state index in [2.05, 4.69) is 10.3 Å². The zero-order valence-corrected chi connectivity index (χ0v) is 10.6. The van der Waals surface area contributed by atoms with Crippen LogP contribution in [0, 0.1) is 0 Å². The maximum absolute atomic E-state index is 12.3. The molecule has 0 aliphatic heterocycles. The van der Waals surface area contributed by atoms with Gasteiger partial charge in [0.1, 0.15) is 12.4 Å². The molecule has 0 aromatic carbocycles. The van der Waals surface area contributed by atoms with Crippen molar-refractivity contribution < 1.29 is 13.2 Å². The molecule has 0 saturated carbocycles. The highest BCUT2D eigenvalue weighted by atomic mass is 19.4. The van der Waals surface area contributed by atoms with Crippen molar-refractivity contribution in [1.82, 2.24) is 10.3 Å². The second-order valence-corrected chi connectivity index (χ2v) is 3.93. The first-order valence-corrected chi connectivity index (χ1v) is 5.93. The minimum absolute atomic E-state index is 0.277. The molecule has 6 heteroatoms. The fourth-order valence-electron chi connectivity index (χ4n) is 1.55. The number of nitrogens with one attached hydrogen (secondary N) is 1. The Morgan fingerprint density at radius 3 is 2.44 bits per heavy atom. The van der Waals surface area contributed by atoms with Gasteiger partial charge in [-0.2, -0.15) is 13.2 Å². The molecule has 0 aliphatic rings. The third-order valence-electron chi connectivity index (χ3n) is 2.46. The van der Waals surface area contributed by atoms with Crippen molar-refractivity contribution in [2.24, 2.45) is 0 Å². The second kappa shape index (κ2) is 6.58. The van der Waals surface area contributed by atoms with Gasteiger partial charge in [0.25, 0.3) is 0 Å². The first-order chi connectivity index (χ1) is 8.46. The fourth-order valence-corrected chi connectivity index (χ4v) is 1.55. The Labute approximate surface area is 105 Å². The van der Waals surface area contributed by atoms with Crippen molar-refractivity contribution in [3.8, 4) is 0 Å². The molecule has 1 N–H and O–H groups in total. The van der Waals surface area contributed by atoms with E-state index in [0.717, 1.165) is 12.1 Å². The topological polar surface area (TPSA) is 28.2 Å². The van der Waals surface area contributed by atoms with Gasteiger partial charge in [-0.25, -0.2) is 4.98 Å². The lowest BCUT2D eigenvalue weighted by molar-refractivity contribution is -0.119. The Hall–Kier alpha value is -1.30. The van der Waals surface area contributed by atoms with Gasteiger partial charge in [-0.15, -0.1) is 0 Å². The Morgan fingerprint density at radius 1 is 1.28 bits per heavy atom. The number of rotatable bonds is 6. The molecule has 1 rings (SSSR count). The molecule has 0 unspecified atom stereocenters. The smallest absolute Gasteiger partial charge is 0.348 e. The third-order valence-corrected chi connectivity index (χ3v) is 2.46. The highest BCUT2D eigenvalue weighted by Gasteiger charge is 2.30. The Bertz CT molecular complexity index is 349. The third kappa shape index (κ3) is 4.91. The maximum Gasteiger partial charge on any atom is 0.405 e. The second-order valence-electron chi connectivity index (χ2n) is 3.93. The lowest BCUT2D eigenvalue weighted by atomic mass is 10.2. The van der Waals surface area contributed by atoms with Gasteiger partial charge in [0.2, 0.25) is 0 Å². The summed E-state index contributed by atoms with van der Waals surface area (Å²) >= 11 is 0. The predicted octanol–water partition coefficient (Wildman–Crippen LogP) is 2.58. The van der Waals surface area contributed by atoms with Crippen LogP contribution in [0.3, 0.4) is 0 Å². The van der Waals surface area contributed by atoms with Crippen LogP contribution in [-0.4, -0.2) is 30.8 Å². The van der Waals surface area contributed by atoms with Crippen molar-refractivity contribution >= 4 is 5.82 Å². The molecule has 0 radical (unpaired) electrons. The molecule has 18 heavy (non-hydrogen) atoms. The van der Waals surface area contributed by atoms with Crippen molar-refractivity contribution in [2.75, 3.05) is 24.5 Å². The monoisotopic (exact) mass is 261 g/mol. The fraction of sp³-hybridized carbons (Fsp3) is 0.583. The summed E-state index contributed by atoms with van der Waals surface area (Å²) in [6, 6.07) is 3.42. The molecule has 102 valence electrons. The average molecular weight is 261 g/mol. The van der Waals surface area contributed by atoms with E-state index >= 15 is 0 Å². The minimum atomic E-state index is -4.21. The molecule has 0 aliphatic carbocycles. The first kappa shape index (κ1) is 14.8. The van der Waals surface area contributed by atoms with E-state index in [1.54, 1.807) is 25.3 Å². The van der Waals surface area contributed by atoms with E-state index in [1.807, 2.05) is 6.92 Å². The van der Waals surface area contributed by atoms with Crippen LogP contribution in [0.2, 0.25) is 0 Å². The van der Waals surface area contributed by atoms with Crippen molar-refractivity contribution in [2.45, 2.75) is 26.6 Å². The van der Waals surface area contributed by atoms with Crippen LogP contribution in [0.5, 0.6) is 0 Å². The van der Waals surface area contributed by atoms with E-state index < -0.39 is 12.7 Å². The summed E-state index contributed by atoms with van der Waals surface area (Å²) in [5.41, 5.74) is 0.962. The molecular weight excluding hydrogens is 243 g/mol. The number of aromatic nitrogens is 1. The zero-order chi connectivity index (χ0) is 13.6. The Morgan fingerprint density at radius 2 is 2.00 bits per heavy atom. The lowest BCUT2D eigenvalue weighted by Crippen LogP contribution is -2.34. The van der Waals surface area contributed by atoms with E-state index in [-0.39, 0.29) is 6.54 Å². The van der Waals surface area contributed by atoms with Gasteiger partial charge in [0.15, 0.2) is 0 Å². The number of alkyl halides is 3. The number of nitrogens with zero attached hydrogens (tertiary/aromatic N) is 2. The van der Waals surface area contributed by atoms with Crippen LogP contribution in [0.4, 0.5) is 19.0 Å². The van der Waals surface area contributed by atoms with Crippen LogP contribution in [-0.2, 0) is 6.54 Å². The predicted molar refractivity (Wildman–Crippen MR) is 65.6 cm³/mol.